The van der Waals surface area contributed by atoms with Crippen molar-refractivity contribution in [2.24, 2.45) is 0 Å². The van der Waals surface area contributed by atoms with Crippen molar-refractivity contribution in [3.63, 3.8) is 0 Å². The van der Waals surface area contributed by atoms with E-state index in [4.69, 9.17) is 18.9 Å². The molecule has 2 fully saturated rings. The van der Waals surface area contributed by atoms with Crippen molar-refractivity contribution in [1.29, 1.82) is 0 Å². The standard InChI is InChI=1S/C34H60N4O11/c1-26(40)38-30-31(44)32(45)34(25-48-33(30)49-34)24-47-21-12-10-15-27(41)35-17-13-18-36-29(43)16-22-46-23-19-37-28(42)14-9-7-5-3-2-4-6-8-11-20-39/h20,30-33,44-45H,2-19,21-25H2,1H3,(H,35,41)(H,36,43)(H,37,42)(H,38,40)/t30-,31-,32-,33+,34+/m1/s1. The van der Waals surface area contributed by atoms with Gasteiger partial charge in [0, 0.05) is 58.8 Å². The maximum Gasteiger partial charge on any atom is 0.222 e. The third-order valence-electron chi connectivity index (χ3n) is 8.54. The maximum atomic E-state index is 12.1. The van der Waals surface area contributed by atoms with Crippen molar-refractivity contribution >= 4 is 29.9 Å². The van der Waals surface area contributed by atoms with Gasteiger partial charge in [0.05, 0.1) is 26.4 Å². The summed E-state index contributed by atoms with van der Waals surface area (Å²) in [6, 6.07) is -0.867. The van der Waals surface area contributed by atoms with Gasteiger partial charge in [-0.05, 0) is 32.1 Å². The molecule has 0 aliphatic carbocycles. The van der Waals surface area contributed by atoms with Crippen LogP contribution >= 0.6 is 0 Å². The van der Waals surface area contributed by atoms with Gasteiger partial charge in [0.25, 0.3) is 0 Å². The van der Waals surface area contributed by atoms with Crippen LogP contribution in [0.1, 0.15) is 103 Å². The SMILES string of the molecule is CC(=O)N[C@H]1[C@H]2OC[C@](COCCCCC(=O)NCCCNC(=O)CCOCCNC(=O)CCCCCCCCCCC=O)(O2)[C@H](O)[C@@H]1O. The summed E-state index contributed by atoms with van der Waals surface area (Å²) in [7, 11) is 0. The lowest BCUT2D eigenvalue weighted by atomic mass is 9.88. The Morgan fingerprint density at radius 2 is 1.33 bits per heavy atom. The Balaban J connectivity index is 1.34. The molecule has 0 aromatic rings. The van der Waals surface area contributed by atoms with Crippen LogP contribution in [0.2, 0.25) is 0 Å². The van der Waals surface area contributed by atoms with E-state index in [1.54, 1.807) is 0 Å². The first-order chi connectivity index (χ1) is 23.7. The van der Waals surface area contributed by atoms with Gasteiger partial charge in [-0.25, -0.2) is 0 Å². The summed E-state index contributed by atoms with van der Waals surface area (Å²) in [4.78, 5) is 57.7. The maximum absolute atomic E-state index is 12.1. The fourth-order valence-corrected chi connectivity index (χ4v) is 5.72. The first-order valence-electron chi connectivity index (χ1n) is 18.0. The topological polar surface area (TPSA) is 211 Å². The molecule has 2 saturated heterocycles. The number of hydrogen-bond donors (Lipinski definition) is 6. The van der Waals surface area contributed by atoms with Crippen LogP contribution in [0.4, 0.5) is 0 Å². The van der Waals surface area contributed by atoms with E-state index in [1.807, 2.05) is 0 Å². The second-order valence-electron chi connectivity index (χ2n) is 12.8. The van der Waals surface area contributed by atoms with E-state index < -0.39 is 30.1 Å². The summed E-state index contributed by atoms with van der Waals surface area (Å²) in [6.45, 7) is 3.57. The fourth-order valence-electron chi connectivity index (χ4n) is 5.72. The number of nitrogens with one attached hydrogen (secondary N) is 4. The quantitative estimate of drug-likeness (QED) is 0.0474. The number of unbranched alkanes of at least 4 members (excludes halogenated alkanes) is 9. The number of aldehydes is 1. The van der Waals surface area contributed by atoms with Crippen LogP contribution in [0.3, 0.4) is 0 Å². The summed E-state index contributed by atoms with van der Waals surface area (Å²) >= 11 is 0. The van der Waals surface area contributed by atoms with E-state index >= 15 is 0 Å². The average Bonchev–Trinajstić information content (AvgIpc) is 3.48. The molecule has 15 nitrogen and oxygen atoms in total. The van der Waals surface area contributed by atoms with E-state index in [1.165, 1.54) is 26.2 Å². The minimum absolute atomic E-state index is 0.00480. The predicted molar refractivity (Wildman–Crippen MR) is 179 cm³/mol. The van der Waals surface area contributed by atoms with Crippen molar-refractivity contribution in [3.8, 4) is 0 Å². The van der Waals surface area contributed by atoms with Crippen molar-refractivity contribution in [2.45, 2.75) is 133 Å². The van der Waals surface area contributed by atoms with E-state index in [2.05, 4.69) is 21.3 Å². The largest absolute Gasteiger partial charge is 0.388 e. The van der Waals surface area contributed by atoms with Gasteiger partial charge in [-0.15, -0.1) is 0 Å². The van der Waals surface area contributed by atoms with Gasteiger partial charge in [0.1, 0.15) is 30.1 Å². The number of aliphatic hydroxyl groups excluding tert-OH is 2. The zero-order valence-electron chi connectivity index (χ0n) is 29.2. The summed E-state index contributed by atoms with van der Waals surface area (Å²) in [5.74, 6) is -0.579. The lowest BCUT2D eigenvalue weighted by Gasteiger charge is -2.42. The first kappa shape index (κ1) is 42.5. The molecule has 2 rings (SSSR count). The number of fused-ring (bicyclic) bond motifs is 2. The molecular weight excluding hydrogens is 640 g/mol. The minimum Gasteiger partial charge on any atom is -0.388 e. The van der Waals surface area contributed by atoms with Crippen molar-refractivity contribution in [3.05, 3.63) is 0 Å². The van der Waals surface area contributed by atoms with Crippen molar-refractivity contribution in [2.75, 3.05) is 52.7 Å². The molecule has 0 radical (unpaired) electrons. The van der Waals surface area contributed by atoms with Gasteiger partial charge in [-0.1, -0.05) is 38.5 Å². The molecule has 0 aromatic carbocycles. The van der Waals surface area contributed by atoms with Crippen LogP contribution in [0, 0.1) is 0 Å². The van der Waals surface area contributed by atoms with E-state index in [-0.39, 0.29) is 49.9 Å². The van der Waals surface area contributed by atoms with Crippen molar-refractivity contribution in [1.82, 2.24) is 21.3 Å². The fraction of sp³-hybridized carbons (Fsp3) is 0.853. The number of hydrogen-bond acceptors (Lipinski definition) is 11. The molecule has 49 heavy (non-hydrogen) atoms. The molecule has 0 aromatic heterocycles. The molecule has 5 atom stereocenters. The zero-order chi connectivity index (χ0) is 35.7. The Labute approximate surface area is 290 Å². The summed E-state index contributed by atoms with van der Waals surface area (Å²) in [5, 5.41) is 32.0. The van der Waals surface area contributed by atoms with Gasteiger partial charge >= 0.3 is 0 Å². The average molecular weight is 701 g/mol. The second kappa shape index (κ2) is 25.3. The second-order valence-corrected chi connectivity index (χ2v) is 12.8. The van der Waals surface area contributed by atoms with Gasteiger partial charge < -0.3 is 55.2 Å². The predicted octanol–water partition coefficient (Wildman–Crippen LogP) is 0.770. The van der Waals surface area contributed by atoms with Crippen LogP contribution in [-0.4, -0.2) is 123 Å². The highest BCUT2D eigenvalue weighted by Crippen LogP contribution is 2.37. The number of carbonyl (C=O) groups excluding carboxylic acids is 5. The Morgan fingerprint density at radius 3 is 1.98 bits per heavy atom. The molecule has 0 unspecified atom stereocenters. The molecule has 4 amide bonds. The number of ether oxygens (including phenoxy) is 4. The molecule has 0 saturated carbocycles. The molecule has 15 heteroatoms. The molecule has 2 heterocycles. The highest BCUT2D eigenvalue weighted by Gasteiger charge is 2.59. The van der Waals surface area contributed by atoms with Gasteiger partial charge in [0.2, 0.25) is 23.6 Å². The highest BCUT2D eigenvalue weighted by molar-refractivity contribution is 5.76. The van der Waals surface area contributed by atoms with Crippen LogP contribution in [0.25, 0.3) is 0 Å². The Morgan fingerprint density at radius 1 is 0.735 bits per heavy atom. The van der Waals surface area contributed by atoms with Crippen LogP contribution in [0.15, 0.2) is 0 Å². The van der Waals surface area contributed by atoms with Crippen LogP contribution in [-0.2, 0) is 42.9 Å². The van der Waals surface area contributed by atoms with Crippen molar-refractivity contribution < 1.29 is 53.1 Å². The monoisotopic (exact) mass is 700 g/mol. The highest BCUT2D eigenvalue weighted by atomic mass is 16.7. The Hall–Kier alpha value is -2.69. The minimum atomic E-state index is -1.30. The summed E-state index contributed by atoms with van der Waals surface area (Å²) < 4.78 is 22.4. The molecule has 2 bridgehead atoms. The van der Waals surface area contributed by atoms with E-state index in [0.717, 1.165) is 38.4 Å². The van der Waals surface area contributed by atoms with Crippen LogP contribution < -0.4 is 21.3 Å². The molecule has 6 N–H and O–H groups in total. The lowest BCUT2D eigenvalue weighted by Crippen LogP contribution is -2.66. The number of rotatable bonds is 29. The summed E-state index contributed by atoms with van der Waals surface area (Å²) in [5.41, 5.74) is -1.21. The number of aliphatic hydroxyl groups is 2. The molecule has 2 aliphatic heterocycles. The van der Waals surface area contributed by atoms with Crippen LogP contribution in [0.5, 0.6) is 0 Å². The Bertz CT molecular complexity index is 988. The smallest absolute Gasteiger partial charge is 0.222 e. The molecule has 2 aliphatic rings. The zero-order valence-corrected chi connectivity index (χ0v) is 29.2. The third-order valence-corrected chi connectivity index (χ3v) is 8.54. The number of carbonyl (C=O) groups is 5. The van der Waals surface area contributed by atoms with E-state index in [9.17, 15) is 34.2 Å². The van der Waals surface area contributed by atoms with Gasteiger partial charge in [-0.2, -0.15) is 0 Å². The Kier molecular flexibility index (Phi) is 21.9. The van der Waals surface area contributed by atoms with E-state index in [0.29, 0.717) is 71.4 Å². The van der Waals surface area contributed by atoms with Gasteiger partial charge in [0.15, 0.2) is 6.29 Å². The molecular formula is C34H60N4O11. The number of amides is 4. The normalized spacial score (nSPS) is 22.8. The van der Waals surface area contributed by atoms with Gasteiger partial charge in [-0.3, -0.25) is 19.2 Å². The third kappa shape index (κ3) is 17.7. The molecule has 0 spiro atoms. The summed E-state index contributed by atoms with van der Waals surface area (Å²) in [6.07, 6.45) is 9.73. The first-order valence-corrected chi connectivity index (χ1v) is 18.0. The lowest BCUT2D eigenvalue weighted by molar-refractivity contribution is -0.237. The molecule has 282 valence electrons.